The zero-order valence-corrected chi connectivity index (χ0v) is 13.9. The summed E-state index contributed by atoms with van der Waals surface area (Å²) in [5.74, 6) is 0.535. The summed E-state index contributed by atoms with van der Waals surface area (Å²) in [7, 11) is 1.60. The van der Waals surface area contributed by atoms with Crippen molar-refractivity contribution in [2.24, 2.45) is 0 Å². The first-order chi connectivity index (χ1) is 12.2. The van der Waals surface area contributed by atoms with E-state index in [0.29, 0.717) is 17.8 Å². The van der Waals surface area contributed by atoms with Crippen molar-refractivity contribution in [2.45, 2.75) is 6.54 Å². The number of rotatable bonds is 6. The number of methoxy groups -OCH3 is 1. The zero-order valence-electron chi connectivity index (χ0n) is 13.9. The number of ether oxygens (including phenoxy) is 1. The Balaban J connectivity index is 1.64. The van der Waals surface area contributed by atoms with Gasteiger partial charge in [0.2, 0.25) is 0 Å². The number of carbonyl (C=O) groups excluding carboxylic acids is 1. The van der Waals surface area contributed by atoms with Gasteiger partial charge in [-0.15, -0.1) is 0 Å². The van der Waals surface area contributed by atoms with Gasteiger partial charge in [-0.25, -0.2) is 0 Å². The van der Waals surface area contributed by atoms with E-state index in [-0.39, 0.29) is 5.91 Å². The lowest BCUT2D eigenvalue weighted by Gasteiger charge is -2.09. The first-order valence-electron chi connectivity index (χ1n) is 7.93. The van der Waals surface area contributed by atoms with Crippen molar-refractivity contribution in [3.8, 4) is 5.75 Å². The molecule has 0 aliphatic rings. The SMILES string of the molecule is COc1ccc(NC(=O)c2cncc(NCc3ccccc3)c2)cc1. The maximum atomic E-state index is 12.4. The highest BCUT2D eigenvalue weighted by atomic mass is 16.5. The van der Waals surface area contributed by atoms with Crippen LogP contribution in [0, 0.1) is 0 Å². The summed E-state index contributed by atoms with van der Waals surface area (Å²) < 4.78 is 5.11. The summed E-state index contributed by atoms with van der Waals surface area (Å²) in [6.07, 6.45) is 3.25. The fourth-order valence-corrected chi connectivity index (χ4v) is 2.34. The molecular formula is C20H19N3O2. The number of anilines is 2. The molecule has 0 bridgehead atoms. The van der Waals surface area contributed by atoms with Crippen LogP contribution in [-0.4, -0.2) is 18.0 Å². The van der Waals surface area contributed by atoms with E-state index in [4.69, 9.17) is 4.74 Å². The Morgan fingerprint density at radius 2 is 1.76 bits per heavy atom. The monoisotopic (exact) mass is 333 g/mol. The van der Waals surface area contributed by atoms with Gasteiger partial charge in [-0.1, -0.05) is 30.3 Å². The molecular weight excluding hydrogens is 314 g/mol. The number of amides is 1. The molecule has 25 heavy (non-hydrogen) atoms. The van der Waals surface area contributed by atoms with E-state index in [9.17, 15) is 4.79 Å². The summed E-state index contributed by atoms with van der Waals surface area (Å²) in [6, 6.07) is 19.0. The second-order valence-electron chi connectivity index (χ2n) is 5.48. The van der Waals surface area contributed by atoms with Crippen LogP contribution >= 0.6 is 0 Å². The summed E-state index contributed by atoms with van der Waals surface area (Å²) in [5.41, 5.74) is 3.16. The molecule has 0 unspecified atom stereocenters. The number of hydrogen-bond donors (Lipinski definition) is 2. The fourth-order valence-electron chi connectivity index (χ4n) is 2.34. The van der Waals surface area contributed by atoms with Crippen molar-refractivity contribution in [3.05, 3.63) is 84.2 Å². The quantitative estimate of drug-likeness (QED) is 0.717. The van der Waals surface area contributed by atoms with Gasteiger partial charge in [-0.3, -0.25) is 9.78 Å². The van der Waals surface area contributed by atoms with Crippen LogP contribution in [0.15, 0.2) is 73.1 Å². The summed E-state index contributed by atoms with van der Waals surface area (Å²) in [5, 5.41) is 6.12. The molecule has 0 spiro atoms. The second-order valence-corrected chi connectivity index (χ2v) is 5.48. The average Bonchev–Trinajstić information content (AvgIpc) is 2.68. The van der Waals surface area contributed by atoms with Crippen LogP contribution in [0.25, 0.3) is 0 Å². The topological polar surface area (TPSA) is 63.2 Å². The maximum absolute atomic E-state index is 12.4. The molecule has 0 saturated carbocycles. The summed E-state index contributed by atoms with van der Waals surface area (Å²) in [6.45, 7) is 0.673. The van der Waals surface area contributed by atoms with Crippen molar-refractivity contribution in [2.75, 3.05) is 17.7 Å². The van der Waals surface area contributed by atoms with E-state index in [1.54, 1.807) is 49.8 Å². The molecule has 0 fully saturated rings. The number of carbonyl (C=O) groups is 1. The smallest absolute Gasteiger partial charge is 0.257 e. The Bertz CT molecular complexity index is 833. The lowest BCUT2D eigenvalue weighted by Crippen LogP contribution is -2.12. The van der Waals surface area contributed by atoms with Gasteiger partial charge < -0.3 is 15.4 Å². The predicted octanol–water partition coefficient (Wildman–Crippen LogP) is 3.95. The summed E-state index contributed by atoms with van der Waals surface area (Å²) >= 11 is 0. The highest BCUT2D eigenvalue weighted by Crippen LogP contribution is 2.17. The second kappa shape index (κ2) is 7.97. The molecule has 2 aromatic carbocycles. The van der Waals surface area contributed by atoms with Crippen LogP contribution < -0.4 is 15.4 Å². The average molecular weight is 333 g/mol. The minimum Gasteiger partial charge on any atom is -0.497 e. The lowest BCUT2D eigenvalue weighted by molar-refractivity contribution is 0.102. The molecule has 0 radical (unpaired) electrons. The van der Waals surface area contributed by atoms with Gasteiger partial charge in [0, 0.05) is 24.6 Å². The van der Waals surface area contributed by atoms with Gasteiger partial charge in [0.05, 0.1) is 18.4 Å². The maximum Gasteiger partial charge on any atom is 0.257 e. The van der Waals surface area contributed by atoms with Crippen molar-refractivity contribution in [1.82, 2.24) is 4.98 Å². The number of aromatic nitrogens is 1. The summed E-state index contributed by atoms with van der Waals surface area (Å²) in [4.78, 5) is 16.5. The van der Waals surface area contributed by atoms with E-state index in [1.165, 1.54) is 0 Å². The van der Waals surface area contributed by atoms with Crippen LogP contribution in [0.1, 0.15) is 15.9 Å². The largest absolute Gasteiger partial charge is 0.497 e. The van der Waals surface area contributed by atoms with E-state index in [0.717, 1.165) is 17.0 Å². The molecule has 5 heteroatoms. The van der Waals surface area contributed by atoms with Gasteiger partial charge in [0.15, 0.2) is 0 Å². The molecule has 3 rings (SSSR count). The van der Waals surface area contributed by atoms with Crippen LogP contribution in [0.5, 0.6) is 5.75 Å². The molecule has 2 N–H and O–H groups in total. The van der Waals surface area contributed by atoms with Gasteiger partial charge >= 0.3 is 0 Å². The van der Waals surface area contributed by atoms with Crippen molar-refractivity contribution < 1.29 is 9.53 Å². The lowest BCUT2D eigenvalue weighted by atomic mass is 10.2. The third kappa shape index (κ3) is 4.57. The number of nitrogens with zero attached hydrogens (tertiary/aromatic N) is 1. The van der Waals surface area contributed by atoms with Crippen molar-refractivity contribution >= 4 is 17.3 Å². The van der Waals surface area contributed by atoms with E-state index in [2.05, 4.69) is 15.6 Å². The van der Waals surface area contributed by atoms with Crippen LogP contribution in [-0.2, 0) is 6.54 Å². The first-order valence-corrected chi connectivity index (χ1v) is 7.93. The van der Waals surface area contributed by atoms with E-state index in [1.807, 2.05) is 30.3 Å². The van der Waals surface area contributed by atoms with Crippen molar-refractivity contribution in [3.63, 3.8) is 0 Å². The number of benzene rings is 2. The molecule has 1 amide bonds. The first kappa shape index (κ1) is 16.5. The molecule has 1 heterocycles. The third-order valence-corrected chi connectivity index (χ3v) is 3.69. The van der Waals surface area contributed by atoms with Crippen LogP contribution in [0.4, 0.5) is 11.4 Å². The normalized spacial score (nSPS) is 10.1. The Morgan fingerprint density at radius 3 is 2.48 bits per heavy atom. The Hall–Kier alpha value is -3.34. The molecule has 126 valence electrons. The minimum atomic E-state index is -0.207. The molecule has 0 aliphatic carbocycles. The highest BCUT2D eigenvalue weighted by Gasteiger charge is 2.08. The standard InChI is InChI=1S/C20H19N3O2/c1-25-19-9-7-17(8-10-19)23-20(24)16-11-18(14-21-13-16)22-12-15-5-3-2-4-6-15/h2-11,13-14,22H,12H2,1H3,(H,23,24). The zero-order chi connectivity index (χ0) is 17.5. The molecule has 0 saturated heterocycles. The third-order valence-electron chi connectivity index (χ3n) is 3.69. The molecule has 5 nitrogen and oxygen atoms in total. The minimum absolute atomic E-state index is 0.207. The van der Waals surface area contributed by atoms with Gasteiger partial charge in [0.1, 0.15) is 5.75 Å². The Morgan fingerprint density at radius 1 is 1.00 bits per heavy atom. The van der Waals surface area contributed by atoms with E-state index >= 15 is 0 Å². The predicted molar refractivity (Wildman–Crippen MR) is 99.0 cm³/mol. The van der Waals surface area contributed by atoms with Crippen LogP contribution in [0.3, 0.4) is 0 Å². The Kier molecular flexibility index (Phi) is 5.26. The molecule has 0 atom stereocenters. The number of nitrogens with one attached hydrogen (secondary N) is 2. The molecule has 1 aromatic heterocycles. The van der Waals surface area contributed by atoms with Crippen LogP contribution in [0.2, 0.25) is 0 Å². The molecule has 0 aliphatic heterocycles. The molecule has 3 aromatic rings. The van der Waals surface area contributed by atoms with Gasteiger partial charge in [0.25, 0.3) is 5.91 Å². The fraction of sp³-hybridized carbons (Fsp3) is 0.100. The van der Waals surface area contributed by atoms with Gasteiger partial charge in [-0.05, 0) is 35.9 Å². The Labute approximate surface area is 146 Å². The van der Waals surface area contributed by atoms with Gasteiger partial charge in [-0.2, -0.15) is 0 Å². The number of hydrogen-bond acceptors (Lipinski definition) is 4. The highest BCUT2D eigenvalue weighted by molar-refractivity contribution is 6.04. The van der Waals surface area contributed by atoms with Crippen molar-refractivity contribution in [1.29, 1.82) is 0 Å². The van der Waals surface area contributed by atoms with E-state index < -0.39 is 0 Å². The number of pyridine rings is 1.